The van der Waals surface area contributed by atoms with E-state index in [1.165, 1.54) is 4.57 Å². The summed E-state index contributed by atoms with van der Waals surface area (Å²) >= 11 is 5.92. The molecule has 4 aromatic rings. The molecule has 0 saturated carbocycles. The monoisotopic (exact) mass is 388 g/mol. The third-order valence-corrected chi connectivity index (χ3v) is 4.88. The summed E-state index contributed by atoms with van der Waals surface area (Å²) in [6.07, 6.45) is 1.58. The molecule has 0 radical (unpaired) electrons. The summed E-state index contributed by atoms with van der Waals surface area (Å²) in [6.45, 7) is 1.90. The van der Waals surface area contributed by atoms with Crippen molar-refractivity contribution in [2.45, 2.75) is 6.92 Å². The van der Waals surface area contributed by atoms with E-state index in [0.717, 1.165) is 5.56 Å². The highest BCUT2D eigenvalue weighted by Crippen LogP contribution is 2.27. The number of pyridine rings is 1. The number of nitrogens with zero attached hydrogens (tertiary/aromatic N) is 2. The van der Waals surface area contributed by atoms with Gasteiger partial charge in [0.25, 0.3) is 5.56 Å². The lowest BCUT2D eigenvalue weighted by Crippen LogP contribution is -2.20. The zero-order valence-corrected chi connectivity index (χ0v) is 15.9. The molecule has 0 atom stereocenters. The normalized spacial score (nSPS) is 11.4. The zero-order chi connectivity index (χ0) is 19.7. The van der Waals surface area contributed by atoms with Crippen molar-refractivity contribution in [2.75, 3.05) is 0 Å². The minimum atomic E-state index is -0.272. The molecule has 0 unspecified atom stereocenters. The summed E-state index contributed by atoms with van der Waals surface area (Å²) in [4.78, 5) is 17.6. The number of aliphatic imine (C=N–C) groups is 1. The van der Waals surface area contributed by atoms with Crippen molar-refractivity contribution in [1.29, 1.82) is 0 Å². The smallest absolute Gasteiger partial charge is 0.265 e. The van der Waals surface area contributed by atoms with Gasteiger partial charge in [0, 0.05) is 22.0 Å². The van der Waals surface area contributed by atoms with Crippen LogP contribution in [-0.2, 0) is 0 Å². The van der Waals surface area contributed by atoms with Crippen LogP contribution in [0.15, 0.2) is 82.6 Å². The van der Waals surface area contributed by atoms with E-state index >= 15 is 0 Å². The summed E-state index contributed by atoms with van der Waals surface area (Å²) in [7, 11) is 0. The first-order chi connectivity index (χ1) is 13.6. The van der Waals surface area contributed by atoms with E-state index in [4.69, 9.17) is 11.6 Å². The van der Waals surface area contributed by atoms with Crippen molar-refractivity contribution in [3.05, 3.63) is 99.3 Å². The van der Waals surface area contributed by atoms with Gasteiger partial charge in [0.1, 0.15) is 0 Å². The molecule has 0 aliphatic heterocycles. The van der Waals surface area contributed by atoms with E-state index in [-0.39, 0.29) is 11.4 Å². The number of hydrogen-bond donors (Lipinski definition) is 1. The number of rotatable bonds is 3. The van der Waals surface area contributed by atoms with Gasteiger partial charge in [-0.05, 0) is 48.9 Å². The van der Waals surface area contributed by atoms with Crippen LogP contribution in [0.25, 0.3) is 16.5 Å². The maximum absolute atomic E-state index is 13.1. The lowest BCUT2D eigenvalue weighted by atomic mass is 10.1. The highest BCUT2D eigenvalue weighted by Gasteiger charge is 2.17. The lowest BCUT2D eigenvalue weighted by molar-refractivity contribution is 0.436. The Morgan fingerprint density at radius 1 is 0.929 bits per heavy atom. The predicted octanol–water partition coefficient (Wildman–Crippen LogP) is 5.41. The molecule has 0 spiro atoms. The highest BCUT2D eigenvalue weighted by molar-refractivity contribution is 6.30. The van der Waals surface area contributed by atoms with Crippen LogP contribution in [0.5, 0.6) is 5.88 Å². The minimum absolute atomic E-state index is 0.143. The highest BCUT2D eigenvalue weighted by atomic mass is 35.5. The molecule has 1 N–H and O–H groups in total. The molecular weight excluding hydrogens is 372 g/mol. The van der Waals surface area contributed by atoms with Crippen LogP contribution in [0, 0.1) is 6.92 Å². The standard InChI is InChI=1S/C23H17ClN2O2/c1-15-6-2-5-9-21(15)26-22(27)19-8-4-3-7-18(19)20(23(26)28)14-25-17-12-10-16(24)11-13-17/h2-14,28H,1H3. The van der Waals surface area contributed by atoms with Gasteiger partial charge in [0.2, 0.25) is 5.88 Å². The van der Waals surface area contributed by atoms with E-state index in [1.54, 1.807) is 36.5 Å². The molecule has 0 bridgehead atoms. The SMILES string of the molecule is Cc1ccccc1-n1c(O)c(C=Nc2ccc(Cl)cc2)c2ccccc2c1=O. The molecule has 3 aromatic carbocycles. The summed E-state index contributed by atoms with van der Waals surface area (Å²) < 4.78 is 1.33. The van der Waals surface area contributed by atoms with Crippen molar-refractivity contribution >= 4 is 34.3 Å². The van der Waals surface area contributed by atoms with Gasteiger partial charge in [-0.25, -0.2) is 4.57 Å². The molecule has 1 aromatic heterocycles. The van der Waals surface area contributed by atoms with Crippen LogP contribution >= 0.6 is 11.6 Å². The average molecular weight is 389 g/mol. The van der Waals surface area contributed by atoms with Crippen LogP contribution in [0.2, 0.25) is 5.02 Å². The maximum atomic E-state index is 13.1. The Morgan fingerprint density at radius 3 is 2.29 bits per heavy atom. The molecule has 4 rings (SSSR count). The van der Waals surface area contributed by atoms with Gasteiger partial charge in [-0.15, -0.1) is 0 Å². The van der Waals surface area contributed by atoms with Crippen LogP contribution in [0.4, 0.5) is 5.69 Å². The van der Waals surface area contributed by atoms with Crippen molar-refractivity contribution in [2.24, 2.45) is 4.99 Å². The molecule has 138 valence electrons. The van der Waals surface area contributed by atoms with Crippen LogP contribution in [-0.4, -0.2) is 15.9 Å². The van der Waals surface area contributed by atoms with Gasteiger partial charge in [-0.3, -0.25) is 9.79 Å². The van der Waals surface area contributed by atoms with Gasteiger partial charge in [0.05, 0.1) is 16.9 Å². The van der Waals surface area contributed by atoms with E-state index in [9.17, 15) is 9.90 Å². The quantitative estimate of drug-likeness (QED) is 0.477. The van der Waals surface area contributed by atoms with Crippen molar-refractivity contribution in [3.63, 3.8) is 0 Å². The van der Waals surface area contributed by atoms with E-state index < -0.39 is 0 Å². The van der Waals surface area contributed by atoms with Gasteiger partial charge >= 0.3 is 0 Å². The second-order valence-electron chi connectivity index (χ2n) is 6.44. The first-order valence-electron chi connectivity index (χ1n) is 8.78. The Bertz CT molecular complexity index is 1260. The van der Waals surface area contributed by atoms with E-state index in [2.05, 4.69) is 4.99 Å². The minimum Gasteiger partial charge on any atom is -0.494 e. The summed E-state index contributed by atoms with van der Waals surface area (Å²) in [5, 5.41) is 12.8. The molecule has 4 nitrogen and oxygen atoms in total. The predicted molar refractivity (Wildman–Crippen MR) is 115 cm³/mol. The van der Waals surface area contributed by atoms with Crippen LogP contribution < -0.4 is 5.56 Å². The largest absolute Gasteiger partial charge is 0.494 e. The number of fused-ring (bicyclic) bond motifs is 1. The van der Waals surface area contributed by atoms with Gasteiger partial charge in [0.15, 0.2) is 0 Å². The Kier molecular flexibility index (Phi) is 4.72. The third-order valence-electron chi connectivity index (χ3n) is 4.63. The molecule has 1 heterocycles. The Balaban J connectivity index is 1.99. The molecule has 0 saturated heterocycles. The van der Waals surface area contributed by atoms with Gasteiger partial charge in [-0.2, -0.15) is 0 Å². The third kappa shape index (κ3) is 3.19. The summed E-state index contributed by atoms with van der Waals surface area (Å²) in [5.74, 6) is -0.143. The molecule has 0 amide bonds. The molecular formula is C23H17ClN2O2. The number of aryl methyl sites for hydroxylation is 1. The Hall–Kier alpha value is -3.37. The first-order valence-corrected chi connectivity index (χ1v) is 9.16. The fraction of sp³-hybridized carbons (Fsp3) is 0.0435. The van der Waals surface area contributed by atoms with Gasteiger partial charge < -0.3 is 5.11 Å². The fourth-order valence-electron chi connectivity index (χ4n) is 3.19. The van der Waals surface area contributed by atoms with Gasteiger partial charge in [-0.1, -0.05) is 48.0 Å². The maximum Gasteiger partial charge on any atom is 0.265 e. The van der Waals surface area contributed by atoms with E-state index in [0.29, 0.717) is 32.7 Å². The van der Waals surface area contributed by atoms with E-state index in [1.807, 2.05) is 49.4 Å². The number of benzene rings is 3. The number of halogens is 1. The Morgan fingerprint density at radius 2 is 1.57 bits per heavy atom. The van der Waals surface area contributed by atoms with Crippen LogP contribution in [0.1, 0.15) is 11.1 Å². The van der Waals surface area contributed by atoms with Crippen molar-refractivity contribution < 1.29 is 5.11 Å². The topological polar surface area (TPSA) is 54.6 Å². The molecule has 0 fully saturated rings. The number of hydrogen-bond acceptors (Lipinski definition) is 3. The molecule has 28 heavy (non-hydrogen) atoms. The average Bonchev–Trinajstić information content (AvgIpc) is 2.71. The summed E-state index contributed by atoms with van der Waals surface area (Å²) in [5.41, 5.74) is 2.42. The lowest BCUT2D eigenvalue weighted by Gasteiger charge is -2.15. The molecule has 0 aliphatic rings. The number of para-hydroxylation sites is 1. The van der Waals surface area contributed by atoms with Crippen LogP contribution in [0.3, 0.4) is 0 Å². The Labute approximate surface area is 167 Å². The number of aromatic hydroxyl groups is 1. The summed E-state index contributed by atoms with van der Waals surface area (Å²) in [6, 6.07) is 21.7. The zero-order valence-electron chi connectivity index (χ0n) is 15.1. The molecule has 5 heteroatoms. The number of aromatic nitrogens is 1. The first kappa shape index (κ1) is 18.0. The van der Waals surface area contributed by atoms with Crippen molar-refractivity contribution in [1.82, 2.24) is 4.57 Å². The fourth-order valence-corrected chi connectivity index (χ4v) is 3.32. The second kappa shape index (κ2) is 7.33. The van der Waals surface area contributed by atoms with Crippen molar-refractivity contribution in [3.8, 4) is 11.6 Å². The second-order valence-corrected chi connectivity index (χ2v) is 6.88. The molecule has 0 aliphatic carbocycles.